The van der Waals surface area contributed by atoms with E-state index in [9.17, 15) is 0 Å². The maximum Gasteiger partial charge on any atom is 0.0542 e. The fraction of sp³-hybridized carbons (Fsp3) is 0.0909. The van der Waals surface area contributed by atoms with E-state index in [0.29, 0.717) is 0 Å². The summed E-state index contributed by atoms with van der Waals surface area (Å²) in [5.74, 6) is 0. The van der Waals surface area contributed by atoms with Crippen molar-refractivity contribution in [2.24, 2.45) is 0 Å². The first-order valence-electron chi connectivity index (χ1n) is 16.4. The highest BCUT2D eigenvalue weighted by Gasteiger charge is 2.17. The molecule has 0 spiro atoms. The molecule has 9 rings (SSSR count). The van der Waals surface area contributed by atoms with Crippen molar-refractivity contribution in [3.05, 3.63) is 163 Å². The largest absolute Gasteiger partial charge is 0.356 e. The van der Waals surface area contributed by atoms with Gasteiger partial charge in [0.15, 0.2) is 0 Å². The zero-order valence-corrected chi connectivity index (χ0v) is 25.7. The van der Waals surface area contributed by atoms with Crippen molar-refractivity contribution in [1.82, 2.24) is 4.57 Å². The zero-order chi connectivity index (χ0) is 30.5. The summed E-state index contributed by atoms with van der Waals surface area (Å²) in [6.07, 6.45) is 4.93. The Morgan fingerprint density at radius 1 is 0.457 bits per heavy atom. The molecule has 8 aromatic rings. The number of rotatable bonds is 5. The molecule has 1 aliphatic carbocycles. The summed E-state index contributed by atoms with van der Waals surface area (Å²) >= 11 is 0. The summed E-state index contributed by atoms with van der Waals surface area (Å²) in [5.41, 5.74) is 14.0. The Balaban J connectivity index is 1.12. The molecular weight excluding hydrogens is 556 g/mol. The minimum absolute atomic E-state index is 1.08. The van der Waals surface area contributed by atoms with Crippen molar-refractivity contribution in [1.29, 1.82) is 0 Å². The maximum atomic E-state index is 3.70. The number of nitrogens with zero attached hydrogens (tertiary/aromatic N) is 1. The number of para-hydroxylation sites is 1. The van der Waals surface area contributed by atoms with Crippen LogP contribution >= 0.6 is 0 Å². The van der Waals surface area contributed by atoms with Gasteiger partial charge in [-0.2, -0.15) is 0 Å². The number of hydrogen-bond acceptors (Lipinski definition) is 1. The van der Waals surface area contributed by atoms with Crippen LogP contribution in [-0.4, -0.2) is 4.57 Å². The third-order valence-corrected chi connectivity index (χ3v) is 9.74. The number of anilines is 2. The van der Waals surface area contributed by atoms with Gasteiger partial charge in [-0.05, 0) is 131 Å². The van der Waals surface area contributed by atoms with Crippen molar-refractivity contribution in [2.75, 3.05) is 5.32 Å². The van der Waals surface area contributed by atoms with Crippen LogP contribution in [-0.2, 0) is 12.8 Å². The van der Waals surface area contributed by atoms with Crippen LogP contribution in [0.2, 0.25) is 0 Å². The molecule has 0 amide bonds. The van der Waals surface area contributed by atoms with Gasteiger partial charge in [0.05, 0.1) is 11.0 Å². The molecule has 2 heteroatoms. The first kappa shape index (κ1) is 26.8. The average Bonchev–Trinajstić information content (AvgIpc) is 3.45. The molecule has 1 aliphatic rings. The minimum Gasteiger partial charge on any atom is -0.356 e. The van der Waals surface area contributed by atoms with E-state index in [0.717, 1.165) is 11.4 Å². The van der Waals surface area contributed by atoms with E-state index < -0.39 is 0 Å². The molecule has 46 heavy (non-hydrogen) atoms. The van der Waals surface area contributed by atoms with Gasteiger partial charge < -0.3 is 9.88 Å². The molecule has 0 radical (unpaired) electrons. The monoisotopic (exact) mass is 590 g/mol. The lowest BCUT2D eigenvalue weighted by Crippen LogP contribution is -2.04. The first-order chi connectivity index (χ1) is 22.8. The highest BCUT2D eigenvalue weighted by atomic mass is 15.0. The summed E-state index contributed by atoms with van der Waals surface area (Å²) in [6, 6.07) is 55.4. The Kier molecular flexibility index (Phi) is 6.45. The molecule has 1 heterocycles. The van der Waals surface area contributed by atoms with Crippen LogP contribution in [0, 0.1) is 0 Å². The number of nitrogens with one attached hydrogen (secondary N) is 1. The second kappa shape index (κ2) is 11.1. The van der Waals surface area contributed by atoms with E-state index >= 15 is 0 Å². The van der Waals surface area contributed by atoms with Gasteiger partial charge in [-0.1, -0.05) is 91.0 Å². The van der Waals surface area contributed by atoms with Crippen LogP contribution in [0.25, 0.3) is 60.5 Å². The smallest absolute Gasteiger partial charge is 0.0542 e. The Morgan fingerprint density at radius 3 is 2.02 bits per heavy atom. The molecule has 0 unspecified atom stereocenters. The molecular formula is C44H34N2. The van der Waals surface area contributed by atoms with Gasteiger partial charge in [-0.25, -0.2) is 0 Å². The standard InChI is InChI=1S/C44H34N2/c1-2-13-38(14-3-1)46-43-25-21-35(40-16-8-12-32-10-6-7-15-39(32)40)28-41(43)42-29-37(24-26-44(42)46)45-36-22-19-31(20-23-36)34-18-17-30-9-4-5-11-33(30)27-34/h1-5,8-9,11-14,16-29,45H,6-7,10,15H2. The molecule has 1 N–H and O–H groups in total. The molecule has 7 aromatic carbocycles. The van der Waals surface area contributed by atoms with Crippen LogP contribution in [0.15, 0.2) is 152 Å². The van der Waals surface area contributed by atoms with E-state index in [4.69, 9.17) is 0 Å². The van der Waals surface area contributed by atoms with Crippen LogP contribution in [0.5, 0.6) is 0 Å². The second-order valence-electron chi connectivity index (χ2n) is 12.5. The van der Waals surface area contributed by atoms with Gasteiger partial charge in [0.25, 0.3) is 0 Å². The van der Waals surface area contributed by atoms with Crippen LogP contribution in [0.3, 0.4) is 0 Å². The molecule has 220 valence electrons. The van der Waals surface area contributed by atoms with E-state index in [1.165, 1.54) is 97.3 Å². The second-order valence-corrected chi connectivity index (χ2v) is 12.5. The van der Waals surface area contributed by atoms with Gasteiger partial charge in [-0.3, -0.25) is 0 Å². The van der Waals surface area contributed by atoms with Gasteiger partial charge in [0, 0.05) is 27.8 Å². The molecule has 2 nitrogen and oxygen atoms in total. The highest BCUT2D eigenvalue weighted by molar-refractivity contribution is 6.11. The summed E-state index contributed by atoms with van der Waals surface area (Å²) < 4.78 is 2.40. The van der Waals surface area contributed by atoms with Crippen molar-refractivity contribution < 1.29 is 0 Å². The van der Waals surface area contributed by atoms with Crippen molar-refractivity contribution in [2.45, 2.75) is 25.7 Å². The Labute approximate surface area is 269 Å². The lowest BCUT2D eigenvalue weighted by molar-refractivity contribution is 0.687. The number of aromatic nitrogens is 1. The molecule has 1 aromatic heterocycles. The normalized spacial score (nSPS) is 12.9. The van der Waals surface area contributed by atoms with Crippen LogP contribution < -0.4 is 5.32 Å². The fourth-order valence-corrected chi connectivity index (χ4v) is 7.46. The van der Waals surface area contributed by atoms with Gasteiger partial charge >= 0.3 is 0 Å². The summed E-state index contributed by atoms with van der Waals surface area (Å²) in [4.78, 5) is 0. The maximum absolute atomic E-state index is 3.70. The van der Waals surface area contributed by atoms with Crippen molar-refractivity contribution in [3.8, 4) is 27.9 Å². The third-order valence-electron chi connectivity index (χ3n) is 9.74. The summed E-state index contributed by atoms with van der Waals surface area (Å²) in [7, 11) is 0. The molecule has 0 bridgehead atoms. The zero-order valence-electron chi connectivity index (χ0n) is 25.7. The predicted molar refractivity (Wildman–Crippen MR) is 196 cm³/mol. The van der Waals surface area contributed by atoms with E-state index in [2.05, 4.69) is 162 Å². The van der Waals surface area contributed by atoms with E-state index in [1.807, 2.05) is 0 Å². The SMILES string of the molecule is c1ccc(-n2c3ccc(Nc4ccc(-c5ccc6ccccc6c5)cc4)cc3c3cc(-c4cccc5c4CCCC5)ccc32)cc1. The highest BCUT2D eigenvalue weighted by Crippen LogP contribution is 2.39. The lowest BCUT2D eigenvalue weighted by Gasteiger charge is -2.19. The average molecular weight is 591 g/mol. The van der Waals surface area contributed by atoms with Crippen LogP contribution in [0.1, 0.15) is 24.0 Å². The Bertz CT molecular complexity index is 2380. The van der Waals surface area contributed by atoms with Gasteiger partial charge in [0.2, 0.25) is 0 Å². The van der Waals surface area contributed by atoms with E-state index in [1.54, 1.807) is 0 Å². The van der Waals surface area contributed by atoms with Gasteiger partial charge in [-0.15, -0.1) is 0 Å². The number of aryl methyl sites for hydroxylation is 1. The summed E-state index contributed by atoms with van der Waals surface area (Å²) in [6.45, 7) is 0. The fourth-order valence-electron chi connectivity index (χ4n) is 7.46. The number of benzene rings is 7. The van der Waals surface area contributed by atoms with Crippen molar-refractivity contribution in [3.63, 3.8) is 0 Å². The molecule has 0 saturated carbocycles. The van der Waals surface area contributed by atoms with Crippen LogP contribution in [0.4, 0.5) is 11.4 Å². The molecule has 0 fully saturated rings. The Hall–Kier alpha value is -5.60. The first-order valence-corrected chi connectivity index (χ1v) is 16.4. The Morgan fingerprint density at radius 2 is 1.15 bits per heavy atom. The summed E-state index contributed by atoms with van der Waals surface area (Å²) in [5, 5.41) is 8.76. The van der Waals surface area contributed by atoms with E-state index in [-0.39, 0.29) is 0 Å². The minimum atomic E-state index is 1.08. The third kappa shape index (κ3) is 4.66. The molecule has 0 aliphatic heterocycles. The topological polar surface area (TPSA) is 17.0 Å². The van der Waals surface area contributed by atoms with Crippen molar-refractivity contribution >= 4 is 44.0 Å². The number of fused-ring (bicyclic) bond motifs is 5. The van der Waals surface area contributed by atoms with Gasteiger partial charge in [0.1, 0.15) is 0 Å². The lowest BCUT2D eigenvalue weighted by atomic mass is 9.86. The number of hydrogen-bond donors (Lipinski definition) is 1. The molecule has 0 saturated heterocycles. The predicted octanol–water partition coefficient (Wildman–Crippen LogP) is 11.9. The quantitative estimate of drug-likeness (QED) is 0.211. The molecule has 0 atom stereocenters.